The molecule has 0 saturated carbocycles. The van der Waals surface area contributed by atoms with Crippen LogP contribution in [0.5, 0.6) is 0 Å². The number of anilines is 1. The monoisotopic (exact) mass is 400 g/mol. The van der Waals surface area contributed by atoms with Crippen LogP contribution in [0.2, 0.25) is 5.15 Å². The van der Waals surface area contributed by atoms with Crippen molar-refractivity contribution >= 4 is 35.0 Å². The maximum Gasteiger partial charge on any atom is 0.266 e. The van der Waals surface area contributed by atoms with Gasteiger partial charge >= 0.3 is 0 Å². The lowest BCUT2D eigenvalue weighted by Gasteiger charge is -2.19. The van der Waals surface area contributed by atoms with Crippen LogP contribution in [0.15, 0.2) is 42.9 Å². The Kier molecular flexibility index (Phi) is 8.06. The Hall–Kier alpha value is -1.93. The fourth-order valence-corrected chi connectivity index (χ4v) is 3.32. The highest BCUT2D eigenvalue weighted by atomic mass is 35.5. The first-order valence-corrected chi connectivity index (χ1v) is 9.61. The zero-order valence-electron chi connectivity index (χ0n) is 14.2. The summed E-state index contributed by atoms with van der Waals surface area (Å²) in [4.78, 5) is 18.1. The fourth-order valence-electron chi connectivity index (χ4n) is 2.28. The van der Waals surface area contributed by atoms with Crippen molar-refractivity contribution in [3.63, 3.8) is 0 Å². The molecule has 0 saturated heterocycles. The van der Waals surface area contributed by atoms with Crippen molar-refractivity contribution in [3.05, 3.63) is 48.0 Å². The number of aromatic nitrogens is 3. The van der Waals surface area contributed by atoms with E-state index in [1.54, 1.807) is 34.2 Å². The van der Waals surface area contributed by atoms with Crippen LogP contribution in [-0.4, -0.2) is 38.7 Å². The SMILES string of the molecule is CCN(C(=O)CCSCCC=C(F)F)c1cn(-c2cccnc2)nc1Cl. The second-order valence-electron chi connectivity index (χ2n) is 5.24. The Morgan fingerprint density at radius 1 is 1.42 bits per heavy atom. The summed E-state index contributed by atoms with van der Waals surface area (Å²) in [5, 5.41) is 4.47. The second-order valence-corrected chi connectivity index (χ2v) is 6.83. The lowest BCUT2D eigenvalue weighted by atomic mass is 10.3. The molecule has 0 spiro atoms. The van der Waals surface area contributed by atoms with Crippen LogP contribution in [0.1, 0.15) is 19.8 Å². The molecule has 0 aliphatic heterocycles. The molecule has 0 radical (unpaired) electrons. The highest BCUT2D eigenvalue weighted by molar-refractivity contribution is 7.99. The van der Waals surface area contributed by atoms with E-state index in [1.165, 1.54) is 11.8 Å². The summed E-state index contributed by atoms with van der Waals surface area (Å²) < 4.78 is 25.5. The Labute approximate surface area is 160 Å². The normalized spacial score (nSPS) is 10.6. The number of thioether (sulfide) groups is 1. The summed E-state index contributed by atoms with van der Waals surface area (Å²) in [6, 6.07) is 3.62. The Morgan fingerprint density at radius 3 is 2.88 bits per heavy atom. The predicted molar refractivity (Wildman–Crippen MR) is 101 cm³/mol. The number of amides is 1. The highest BCUT2D eigenvalue weighted by Gasteiger charge is 2.20. The molecule has 5 nitrogen and oxygen atoms in total. The number of carbonyl (C=O) groups excluding carboxylic acids is 1. The van der Waals surface area contributed by atoms with Crippen LogP contribution in [0.3, 0.4) is 0 Å². The van der Waals surface area contributed by atoms with Gasteiger partial charge in [-0.15, -0.1) is 0 Å². The van der Waals surface area contributed by atoms with Gasteiger partial charge < -0.3 is 4.90 Å². The number of pyridine rings is 1. The van der Waals surface area contributed by atoms with E-state index in [2.05, 4.69) is 10.1 Å². The molecule has 2 rings (SSSR count). The zero-order valence-corrected chi connectivity index (χ0v) is 15.8. The maximum absolute atomic E-state index is 12.5. The molecule has 2 aromatic heterocycles. The maximum atomic E-state index is 12.5. The highest BCUT2D eigenvalue weighted by Crippen LogP contribution is 2.26. The minimum atomic E-state index is -1.67. The first kappa shape index (κ1) is 20.4. The van der Waals surface area contributed by atoms with Crippen molar-refractivity contribution in [1.82, 2.24) is 14.8 Å². The van der Waals surface area contributed by atoms with Gasteiger partial charge in [0, 0.05) is 24.9 Å². The molecule has 9 heteroatoms. The van der Waals surface area contributed by atoms with E-state index in [0.717, 1.165) is 11.8 Å². The number of carbonyl (C=O) groups is 1. The van der Waals surface area contributed by atoms with Crippen molar-refractivity contribution in [1.29, 1.82) is 0 Å². The first-order valence-electron chi connectivity index (χ1n) is 8.07. The van der Waals surface area contributed by atoms with Gasteiger partial charge in [0.2, 0.25) is 5.91 Å². The van der Waals surface area contributed by atoms with Crippen LogP contribution >= 0.6 is 23.4 Å². The van der Waals surface area contributed by atoms with Gasteiger partial charge in [0.1, 0.15) is 5.69 Å². The Morgan fingerprint density at radius 2 is 2.23 bits per heavy atom. The molecule has 2 aromatic rings. The van der Waals surface area contributed by atoms with Gasteiger partial charge in [-0.3, -0.25) is 9.78 Å². The third-order valence-electron chi connectivity index (χ3n) is 3.49. The molecule has 0 unspecified atom stereocenters. The van der Waals surface area contributed by atoms with E-state index < -0.39 is 6.08 Å². The zero-order chi connectivity index (χ0) is 18.9. The van der Waals surface area contributed by atoms with Crippen LogP contribution < -0.4 is 4.90 Å². The lowest BCUT2D eigenvalue weighted by molar-refractivity contribution is -0.118. The van der Waals surface area contributed by atoms with Crippen LogP contribution in [0.4, 0.5) is 14.5 Å². The average Bonchev–Trinajstić information content (AvgIpc) is 3.01. The van der Waals surface area contributed by atoms with E-state index in [1.807, 2.05) is 13.0 Å². The summed E-state index contributed by atoms with van der Waals surface area (Å²) in [6.45, 7) is 2.31. The Balaban J connectivity index is 1.96. The summed E-state index contributed by atoms with van der Waals surface area (Å²) in [7, 11) is 0. The fraction of sp³-hybridized carbons (Fsp3) is 0.353. The van der Waals surface area contributed by atoms with Gasteiger partial charge in [0.25, 0.3) is 6.08 Å². The molecule has 140 valence electrons. The molecule has 26 heavy (non-hydrogen) atoms. The van der Waals surface area contributed by atoms with E-state index in [-0.39, 0.29) is 11.1 Å². The van der Waals surface area contributed by atoms with Gasteiger partial charge in [-0.1, -0.05) is 11.6 Å². The number of hydrogen-bond donors (Lipinski definition) is 0. The number of hydrogen-bond acceptors (Lipinski definition) is 4. The molecule has 0 aliphatic rings. The summed E-state index contributed by atoms with van der Waals surface area (Å²) >= 11 is 7.68. The third-order valence-corrected chi connectivity index (χ3v) is 4.78. The molecular weight excluding hydrogens is 382 g/mol. The number of nitrogens with zero attached hydrogens (tertiary/aromatic N) is 4. The smallest absolute Gasteiger partial charge is 0.266 e. The van der Waals surface area contributed by atoms with E-state index in [9.17, 15) is 13.6 Å². The van der Waals surface area contributed by atoms with E-state index in [0.29, 0.717) is 36.6 Å². The van der Waals surface area contributed by atoms with Crippen molar-refractivity contribution < 1.29 is 13.6 Å². The van der Waals surface area contributed by atoms with Crippen LogP contribution in [-0.2, 0) is 4.79 Å². The summed E-state index contributed by atoms with van der Waals surface area (Å²) in [5.74, 6) is 1.03. The topological polar surface area (TPSA) is 51.0 Å². The molecule has 0 bridgehead atoms. The van der Waals surface area contributed by atoms with Crippen molar-refractivity contribution in [2.75, 3.05) is 23.0 Å². The standard InChI is InChI=1S/C17H19ClF2N4OS/c1-2-23(16(25)7-10-26-9-4-6-15(19)20)14-12-24(22-17(14)18)13-5-3-8-21-11-13/h3,5-6,8,11-12H,2,4,7,9-10H2,1H3. The second kappa shape index (κ2) is 10.3. The van der Waals surface area contributed by atoms with Crippen LogP contribution in [0, 0.1) is 0 Å². The largest absolute Gasteiger partial charge is 0.308 e. The number of rotatable bonds is 9. The van der Waals surface area contributed by atoms with Gasteiger partial charge in [-0.2, -0.15) is 25.6 Å². The van der Waals surface area contributed by atoms with Crippen molar-refractivity contribution in [2.45, 2.75) is 19.8 Å². The summed E-state index contributed by atoms with van der Waals surface area (Å²) in [5.41, 5.74) is 1.28. The molecule has 1 amide bonds. The van der Waals surface area contributed by atoms with Gasteiger partial charge in [0.05, 0.1) is 18.1 Å². The summed E-state index contributed by atoms with van der Waals surface area (Å²) in [6.07, 6.45) is 4.82. The van der Waals surface area contributed by atoms with Crippen LogP contribution in [0.25, 0.3) is 5.69 Å². The minimum Gasteiger partial charge on any atom is -0.308 e. The van der Waals surface area contributed by atoms with Gasteiger partial charge in [-0.05, 0) is 37.3 Å². The average molecular weight is 401 g/mol. The molecule has 0 N–H and O–H groups in total. The minimum absolute atomic E-state index is 0.0835. The molecule has 0 atom stereocenters. The number of allylic oxidation sites excluding steroid dienone is 1. The van der Waals surface area contributed by atoms with Gasteiger partial charge in [0.15, 0.2) is 5.15 Å². The molecular formula is C17H19ClF2N4OS. The van der Waals surface area contributed by atoms with E-state index >= 15 is 0 Å². The third kappa shape index (κ3) is 5.81. The number of halogens is 3. The Bertz CT molecular complexity index is 750. The van der Waals surface area contributed by atoms with Gasteiger partial charge in [-0.25, -0.2) is 4.68 Å². The first-order chi connectivity index (χ1) is 12.5. The predicted octanol–water partition coefficient (Wildman–Crippen LogP) is 4.57. The lowest BCUT2D eigenvalue weighted by Crippen LogP contribution is -2.30. The molecule has 0 fully saturated rings. The molecule has 0 aromatic carbocycles. The molecule has 0 aliphatic carbocycles. The van der Waals surface area contributed by atoms with E-state index in [4.69, 9.17) is 11.6 Å². The molecule has 2 heterocycles. The quantitative estimate of drug-likeness (QED) is 0.579. The van der Waals surface area contributed by atoms with Crippen molar-refractivity contribution in [2.24, 2.45) is 0 Å². The van der Waals surface area contributed by atoms with Crippen molar-refractivity contribution in [3.8, 4) is 5.69 Å².